The first-order valence-electron chi connectivity index (χ1n) is 7.79. The summed E-state index contributed by atoms with van der Waals surface area (Å²) in [5, 5.41) is 3.27. The highest BCUT2D eigenvalue weighted by atomic mass is 15.1. The van der Waals surface area contributed by atoms with Gasteiger partial charge in [-0.1, -0.05) is 30.3 Å². The van der Waals surface area contributed by atoms with E-state index >= 15 is 0 Å². The Balaban J connectivity index is 1.58. The first kappa shape index (κ1) is 14.5. The van der Waals surface area contributed by atoms with Crippen LogP contribution in [0.4, 0.5) is 0 Å². The summed E-state index contributed by atoms with van der Waals surface area (Å²) in [6.45, 7) is 5.07. The quantitative estimate of drug-likeness (QED) is 0.811. The maximum atomic E-state index is 3.27. The van der Waals surface area contributed by atoms with E-state index in [4.69, 9.17) is 0 Å². The summed E-state index contributed by atoms with van der Waals surface area (Å²) in [5.74, 6) is 0.956. The predicted molar refractivity (Wildman–Crippen MR) is 82.5 cm³/mol. The summed E-state index contributed by atoms with van der Waals surface area (Å²) in [4.78, 5) is 2.65. The van der Waals surface area contributed by atoms with E-state index in [0.717, 1.165) is 5.92 Å². The second kappa shape index (κ2) is 8.34. The van der Waals surface area contributed by atoms with Crippen molar-refractivity contribution >= 4 is 0 Å². The van der Waals surface area contributed by atoms with Crippen molar-refractivity contribution in [1.29, 1.82) is 0 Å². The SMILES string of the molecule is CNCCC1CCN(CCCc2ccccc2)CC1. The van der Waals surface area contributed by atoms with E-state index in [9.17, 15) is 0 Å². The number of rotatable bonds is 7. The Morgan fingerprint density at radius 3 is 2.58 bits per heavy atom. The van der Waals surface area contributed by atoms with E-state index in [2.05, 4.69) is 47.6 Å². The van der Waals surface area contributed by atoms with E-state index in [0.29, 0.717) is 0 Å². The topological polar surface area (TPSA) is 15.3 Å². The number of hydrogen-bond acceptors (Lipinski definition) is 2. The number of piperidine rings is 1. The second-order valence-electron chi connectivity index (χ2n) is 5.77. The fourth-order valence-electron chi connectivity index (χ4n) is 3.00. The van der Waals surface area contributed by atoms with Gasteiger partial charge in [0.05, 0.1) is 0 Å². The van der Waals surface area contributed by atoms with Gasteiger partial charge in [0.2, 0.25) is 0 Å². The van der Waals surface area contributed by atoms with E-state index in [1.165, 1.54) is 63.8 Å². The maximum Gasteiger partial charge on any atom is -0.00156 e. The Bertz CT molecular complexity index is 328. The molecular formula is C17H28N2. The van der Waals surface area contributed by atoms with Crippen LogP contribution < -0.4 is 5.32 Å². The molecule has 0 atom stereocenters. The number of likely N-dealkylation sites (tertiary alicyclic amines) is 1. The minimum Gasteiger partial charge on any atom is -0.320 e. The van der Waals surface area contributed by atoms with Gasteiger partial charge in [0.25, 0.3) is 0 Å². The molecule has 0 aromatic heterocycles. The molecular weight excluding hydrogens is 232 g/mol. The van der Waals surface area contributed by atoms with Crippen molar-refractivity contribution in [3.63, 3.8) is 0 Å². The first-order chi connectivity index (χ1) is 9.38. The zero-order valence-corrected chi connectivity index (χ0v) is 12.3. The van der Waals surface area contributed by atoms with Crippen molar-refractivity contribution in [1.82, 2.24) is 10.2 Å². The lowest BCUT2D eigenvalue weighted by Crippen LogP contribution is -2.35. The molecule has 0 saturated carbocycles. The van der Waals surface area contributed by atoms with Gasteiger partial charge in [-0.05, 0) is 76.8 Å². The predicted octanol–water partition coefficient (Wildman–Crippen LogP) is 2.94. The highest BCUT2D eigenvalue weighted by Crippen LogP contribution is 2.20. The minimum atomic E-state index is 0.956. The summed E-state index contributed by atoms with van der Waals surface area (Å²) >= 11 is 0. The van der Waals surface area contributed by atoms with E-state index in [1.807, 2.05) is 0 Å². The molecule has 2 rings (SSSR count). The van der Waals surface area contributed by atoms with Gasteiger partial charge in [0.1, 0.15) is 0 Å². The van der Waals surface area contributed by atoms with Crippen LogP contribution in [0.3, 0.4) is 0 Å². The molecule has 2 heteroatoms. The van der Waals surface area contributed by atoms with Crippen LogP contribution in [0.15, 0.2) is 30.3 Å². The molecule has 0 bridgehead atoms. The molecule has 1 aliphatic heterocycles. The van der Waals surface area contributed by atoms with Crippen LogP contribution in [0.5, 0.6) is 0 Å². The summed E-state index contributed by atoms with van der Waals surface area (Å²) in [7, 11) is 2.05. The molecule has 106 valence electrons. The van der Waals surface area contributed by atoms with Crippen molar-refractivity contribution in [2.75, 3.05) is 33.2 Å². The highest BCUT2D eigenvalue weighted by molar-refractivity contribution is 5.14. The van der Waals surface area contributed by atoms with Crippen molar-refractivity contribution in [3.8, 4) is 0 Å². The van der Waals surface area contributed by atoms with E-state index < -0.39 is 0 Å². The molecule has 0 radical (unpaired) electrons. The molecule has 1 N–H and O–H groups in total. The first-order valence-corrected chi connectivity index (χ1v) is 7.79. The molecule has 1 heterocycles. The molecule has 0 spiro atoms. The van der Waals surface area contributed by atoms with Gasteiger partial charge < -0.3 is 10.2 Å². The lowest BCUT2D eigenvalue weighted by atomic mass is 9.93. The molecule has 1 aliphatic rings. The Hall–Kier alpha value is -0.860. The van der Waals surface area contributed by atoms with Gasteiger partial charge in [-0.25, -0.2) is 0 Å². The fourth-order valence-corrected chi connectivity index (χ4v) is 3.00. The molecule has 19 heavy (non-hydrogen) atoms. The number of nitrogens with one attached hydrogen (secondary N) is 1. The third kappa shape index (κ3) is 5.33. The van der Waals surface area contributed by atoms with Crippen LogP contribution in [0.1, 0.15) is 31.2 Å². The largest absolute Gasteiger partial charge is 0.320 e. The van der Waals surface area contributed by atoms with Gasteiger partial charge in [0.15, 0.2) is 0 Å². The zero-order valence-electron chi connectivity index (χ0n) is 12.3. The van der Waals surface area contributed by atoms with Crippen LogP contribution in [-0.2, 0) is 6.42 Å². The van der Waals surface area contributed by atoms with E-state index in [1.54, 1.807) is 0 Å². The Kier molecular flexibility index (Phi) is 6.38. The minimum absolute atomic E-state index is 0.956. The molecule has 1 aromatic rings. The molecule has 2 nitrogen and oxygen atoms in total. The van der Waals surface area contributed by atoms with Crippen LogP contribution in [-0.4, -0.2) is 38.1 Å². The molecule has 0 amide bonds. The molecule has 0 aliphatic carbocycles. The smallest absolute Gasteiger partial charge is 0.00156 e. The number of benzene rings is 1. The third-order valence-electron chi connectivity index (χ3n) is 4.29. The summed E-state index contributed by atoms with van der Waals surface area (Å²) in [6.07, 6.45) is 6.67. The van der Waals surface area contributed by atoms with Crippen LogP contribution >= 0.6 is 0 Å². The lowest BCUT2D eigenvalue weighted by Gasteiger charge is -2.32. The van der Waals surface area contributed by atoms with Crippen molar-refractivity contribution < 1.29 is 0 Å². The van der Waals surface area contributed by atoms with Crippen molar-refractivity contribution in [3.05, 3.63) is 35.9 Å². The number of hydrogen-bond donors (Lipinski definition) is 1. The summed E-state index contributed by atoms with van der Waals surface area (Å²) < 4.78 is 0. The fraction of sp³-hybridized carbons (Fsp3) is 0.647. The van der Waals surface area contributed by atoms with E-state index in [-0.39, 0.29) is 0 Å². The van der Waals surface area contributed by atoms with Gasteiger partial charge in [-0.2, -0.15) is 0 Å². The molecule has 1 saturated heterocycles. The van der Waals surface area contributed by atoms with Crippen molar-refractivity contribution in [2.45, 2.75) is 32.1 Å². The second-order valence-corrected chi connectivity index (χ2v) is 5.77. The lowest BCUT2D eigenvalue weighted by molar-refractivity contribution is 0.177. The molecule has 1 fully saturated rings. The number of nitrogens with zero attached hydrogens (tertiary/aromatic N) is 1. The normalized spacial score (nSPS) is 17.7. The number of aryl methyl sites for hydroxylation is 1. The van der Waals surface area contributed by atoms with Gasteiger partial charge >= 0.3 is 0 Å². The third-order valence-corrected chi connectivity index (χ3v) is 4.29. The Morgan fingerprint density at radius 1 is 1.16 bits per heavy atom. The zero-order chi connectivity index (χ0) is 13.3. The summed E-state index contributed by atoms with van der Waals surface area (Å²) in [5.41, 5.74) is 1.48. The van der Waals surface area contributed by atoms with Gasteiger partial charge in [-0.3, -0.25) is 0 Å². The van der Waals surface area contributed by atoms with Crippen LogP contribution in [0, 0.1) is 5.92 Å². The van der Waals surface area contributed by atoms with Gasteiger partial charge in [0, 0.05) is 0 Å². The highest BCUT2D eigenvalue weighted by Gasteiger charge is 2.17. The monoisotopic (exact) mass is 260 g/mol. The molecule has 0 unspecified atom stereocenters. The van der Waals surface area contributed by atoms with Crippen molar-refractivity contribution in [2.24, 2.45) is 5.92 Å². The van der Waals surface area contributed by atoms with Crippen LogP contribution in [0.2, 0.25) is 0 Å². The average Bonchev–Trinajstić information content (AvgIpc) is 2.47. The summed E-state index contributed by atoms with van der Waals surface area (Å²) in [6, 6.07) is 10.9. The maximum absolute atomic E-state index is 3.27. The Labute approximate surface area is 118 Å². The van der Waals surface area contributed by atoms with Crippen LogP contribution in [0.25, 0.3) is 0 Å². The average molecular weight is 260 g/mol. The Morgan fingerprint density at radius 2 is 1.89 bits per heavy atom. The standard InChI is InChI=1S/C17H28N2/c1-18-12-9-17-10-14-19(15-11-17)13-5-8-16-6-3-2-4-7-16/h2-4,6-7,17-18H,5,8-15H2,1H3. The van der Waals surface area contributed by atoms with Gasteiger partial charge in [-0.15, -0.1) is 0 Å². The molecule has 1 aromatic carbocycles.